The highest BCUT2D eigenvalue weighted by atomic mass is 16.5. The topological polar surface area (TPSA) is 174 Å². The Morgan fingerprint density at radius 2 is 1.74 bits per heavy atom. The van der Waals surface area contributed by atoms with Crippen LogP contribution in [0.1, 0.15) is 138 Å². The van der Waals surface area contributed by atoms with Crippen LogP contribution in [0.5, 0.6) is 11.5 Å². The number of nitrogens with one attached hydrogen (secondary N) is 2. The summed E-state index contributed by atoms with van der Waals surface area (Å²) < 4.78 is 5.50. The van der Waals surface area contributed by atoms with Gasteiger partial charge in [0.25, 0.3) is 0 Å². The highest BCUT2D eigenvalue weighted by molar-refractivity contribution is 5.89. The van der Waals surface area contributed by atoms with Gasteiger partial charge >= 0.3 is 0 Å². The Bertz CT molecular complexity index is 2370. The predicted octanol–water partition coefficient (Wildman–Crippen LogP) is 7.75. The van der Waals surface area contributed by atoms with Crippen molar-refractivity contribution in [3.8, 4) is 23.3 Å². The molecular weight excluding hydrogens is 815 g/mol. The maximum absolute atomic E-state index is 14.5. The summed E-state index contributed by atoms with van der Waals surface area (Å²) >= 11 is 0. The fourth-order valence-electron chi connectivity index (χ4n) is 13.0. The number of rotatable bonds is 11. The number of carbonyl (C=O) groups is 2. The molecule has 4 aliphatic carbocycles. The maximum Gasteiger partial charge on any atom is 0.160 e. The zero-order chi connectivity index (χ0) is 45.3. The van der Waals surface area contributed by atoms with E-state index >= 15 is 0 Å². The molecule has 3 saturated carbocycles. The third kappa shape index (κ3) is 9.50. The zero-order valence-electron chi connectivity index (χ0n) is 38.1. The Morgan fingerprint density at radius 1 is 0.923 bits per heavy atom. The molecule has 0 bridgehead atoms. The molecule has 2 heterocycles. The SMILES string of the molecule is COc1cc2c(cc1O)C(CC(O)C(O)CC(C1=CCNC(N)=C1)c1ccc3ccccc3c1)C#CC1(CCC(CCC3CC4CCC(=O)CC4NC34CCCCC4)CC1O)C(=O)CC2. The van der Waals surface area contributed by atoms with Gasteiger partial charge in [0.1, 0.15) is 11.2 Å². The van der Waals surface area contributed by atoms with Crippen LogP contribution in [0.4, 0.5) is 0 Å². The number of piperidine rings is 1. The largest absolute Gasteiger partial charge is 0.504 e. The highest BCUT2D eigenvalue weighted by Crippen LogP contribution is 2.50. The van der Waals surface area contributed by atoms with Gasteiger partial charge in [-0.3, -0.25) is 9.59 Å². The van der Waals surface area contributed by atoms with E-state index in [1.807, 2.05) is 18.2 Å². The van der Waals surface area contributed by atoms with Crippen molar-refractivity contribution in [3.63, 3.8) is 0 Å². The fraction of sp³-hybridized carbons (Fsp3) is 0.564. The van der Waals surface area contributed by atoms with Gasteiger partial charge in [-0.25, -0.2) is 0 Å². The second-order valence-electron chi connectivity index (χ2n) is 20.6. The number of aromatic hydroxyl groups is 1. The first-order chi connectivity index (χ1) is 31.4. The molecule has 0 amide bonds. The van der Waals surface area contributed by atoms with Crippen LogP contribution in [-0.4, -0.2) is 75.5 Å². The number of allylic oxidation sites excluding steroid dienone is 2. The number of methoxy groups -OCH3 is 1. The number of hydrogen-bond donors (Lipinski definition) is 7. The van der Waals surface area contributed by atoms with Gasteiger partial charge in [0.2, 0.25) is 0 Å². The molecule has 2 aliphatic heterocycles. The fourth-order valence-corrected chi connectivity index (χ4v) is 13.0. The van der Waals surface area contributed by atoms with Crippen LogP contribution < -0.4 is 21.1 Å². The number of aryl methyl sites for hydroxylation is 1. The number of ketones is 2. The van der Waals surface area contributed by atoms with Crippen molar-refractivity contribution in [1.29, 1.82) is 0 Å². The molecule has 10 atom stereocenters. The normalized spacial score (nSPS) is 30.2. The highest BCUT2D eigenvalue weighted by Gasteiger charge is 2.50. The zero-order valence-corrected chi connectivity index (χ0v) is 38.1. The molecule has 8 N–H and O–H groups in total. The van der Waals surface area contributed by atoms with Crippen molar-refractivity contribution >= 4 is 22.3 Å². The number of hydrogen-bond acceptors (Lipinski definition) is 10. The second-order valence-corrected chi connectivity index (χ2v) is 20.6. The van der Waals surface area contributed by atoms with E-state index in [2.05, 4.69) is 58.9 Å². The lowest BCUT2D eigenvalue weighted by molar-refractivity contribution is -0.134. The summed E-state index contributed by atoms with van der Waals surface area (Å²) in [5.41, 5.74) is 8.51. The smallest absolute Gasteiger partial charge is 0.160 e. The molecule has 10 nitrogen and oxygen atoms in total. The van der Waals surface area contributed by atoms with Gasteiger partial charge in [-0.1, -0.05) is 86.1 Å². The van der Waals surface area contributed by atoms with E-state index in [1.165, 1.54) is 45.6 Å². The lowest BCUT2D eigenvalue weighted by atomic mass is 9.60. The molecule has 65 heavy (non-hydrogen) atoms. The summed E-state index contributed by atoms with van der Waals surface area (Å²) in [5.74, 6) is 8.30. The number of benzene rings is 3. The van der Waals surface area contributed by atoms with E-state index < -0.39 is 29.6 Å². The summed E-state index contributed by atoms with van der Waals surface area (Å²) in [5, 5.41) is 56.6. The summed E-state index contributed by atoms with van der Waals surface area (Å²) in [4.78, 5) is 26.9. The number of fused-ring (bicyclic) bond motifs is 3. The maximum atomic E-state index is 14.5. The van der Waals surface area contributed by atoms with Gasteiger partial charge in [0.05, 0.1) is 31.2 Å². The molecule has 346 valence electrons. The van der Waals surface area contributed by atoms with E-state index in [0.717, 1.165) is 53.2 Å². The molecule has 9 rings (SSSR count). The minimum atomic E-state index is -1.25. The van der Waals surface area contributed by atoms with E-state index in [4.69, 9.17) is 10.5 Å². The quantitative estimate of drug-likeness (QED) is 0.0944. The molecule has 3 aromatic carbocycles. The van der Waals surface area contributed by atoms with Crippen LogP contribution >= 0.6 is 0 Å². The number of phenolic OH excluding ortho intramolecular Hbond substituents is 1. The van der Waals surface area contributed by atoms with Crippen molar-refractivity contribution in [2.45, 2.75) is 157 Å². The van der Waals surface area contributed by atoms with Crippen molar-refractivity contribution in [2.75, 3.05) is 13.7 Å². The van der Waals surface area contributed by atoms with E-state index in [-0.39, 0.29) is 53.9 Å². The number of ether oxygens (including phenoxy) is 1. The molecule has 10 heteroatoms. The van der Waals surface area contributed by atoms with Gasteiger partial charge in [-0.05, 0) is 140 Å². The Hall–Kier alpha value is -4.66. The lowest BCUT2D eigenvalue weighted by Gasteiger charge is -2.54. The van der Waals surface area contributed by atoms with Crippen molar-refractivity contribution < 1.29 is 34.8 Å². The molecule has 6 aliphatic rings. The summed E-state index contributed by atoms with van der Waals surface area (Å²) in [6.07, 6.45) is 14.9. The second kappa shape index (κ2) is 19.3. The average molecular weight is 884 g/mol. The van der Waals surface area contributed by atoms with Gasteiger partial charge in [0.15, 0.2) is 17.3 Å². The minimum Gasteiger partial charge on any atom is -0.504 e. The van der Waals surface area contributed by atoms with Crippen LogP contribution in [0.3, 0.4) is 0 Å². The molecular formula is C55H69N3O7. The first kappa shape index (κ1) is 45.5. The molecule has 0 radical (unpaired) electrons. The monoisotopic (exact) mass is 884 g/mol. The van der Waals surface area contributed by atoms with Crippen LogP contribution in [0.25, 0.3) is 10.8 Å². The standard InChI is InChI=1S/C55H69N3O7/c1-65-50-29-38-13-16-51(63)54(22-17-34(25-52(54)64)9-14-42-27-41-12-15-43(59)31-46(41)58-55(42)20-5-2-6-21-55)23-18-39(45(38)33-49(50)62)28-47(60)48(61)32-44(40-19-24-57-53(56)30-40)37-11-10-35-7-3-4-8-36(35)26-37/h3-4,7-8,10-11,19,26,29-30,33-34,39,41-42,44,46-48,52,57-58,60-62,64H,2,5-6,9,12-17,20-22,24-25,27-28,31-32,56H2,1H3. The number of nitrogens with two attached hydrogens (primary N) is 1. The van der Waals surface area contributed by atoms with Crippen molar-refractivity contribution in [1.82, 2.24) is 10.6 Å². The van der Waals surface area contributed by atoms with Gasteiger partial charge in [0, 0.05) is 49.2 Å². The van der Waals surface area contributed by atoms with Gasteiger partial charge < -0.3 is 41.5 Å². The number of dihydropyridines is 1. The number of carbonyl (C=O) groups excluding carboxylic acids is 2. The molecule has 3 aromatic rings. The van der Waals surface area contributed by atoms with E-state index in [1.54, 1.807) is 12.1 Å². The van der Waals surface area contributed by atoms with Crippen molar-refractivity contribution in [2.24, 2.45) is 28.9 Å². The third-order valence-corrected chi connectivity index (χ3v) is 16.7. The van der Waals surface area contributed by atoms with Crippen LogP contribution in [0.2, 0.25) is 0 Å². The number of aliphatic hydroxyl groups excluding tert-OH is 3. The number of Topliss-reactive ketones (excluding diaryl/α,β-unsaturated/α-hetero) is 2. The Morgan fingerprint density at radius 3 is 2.52 bits per heavy atom. The molecule has 4 fully saturated rings. The third-order valence-electron chi connectivity index (χ3n) is 16.7. The van der Waals surface area contributed by atoms with Crippen LogP contribution in [0, 0.1) is 35.0 Å². The van der Waals surface area contributed by atoms with Crippen LogP contribution in [-0.2, 0) is 16.0 Å². The average Bonchev–Trinajstić information content (AvgIpc) is 3.35. The van der Waals surface area contributed by atoms with Crippen molar-refractivity contribution in [3.05, 3.63) is 94.8 Å². The van der Waals surface area contributed by atoms with Gasteiger partial charge in [-0.15, -0.1) is 0 Å². The Labute approximate surface area is 384 Å². The molecule has 0 aromatic heterocycles. The first-order valence-electron chi connectivity index (χ1n) is 24.6. The molecule has 10 unspecified atom stereocenters. The van der Waals surface area contributed by atoms with E-state index in [0.29, 0.717) is 73.7 Å². The Balaban J connectivity index is 0.946. The van der Waals surface area contributed by atoms with Gasteiger partial charge in [-0.2, -0.15) is 0 Å². The first-order valence-corrected chi connectivity index (χ1v) is 24.6. The van der Waals surface area contributed by atoms with Crippen LogP contribution in [0.15, 0.2) is 78.1 Å². The Kier molecular flexibility index (Phi) is 13.5. The number of phenols is 1. The number of aliphatic hydroxyl groups is 3. The lowest BCUT2D eigenvalue weighted by Crippen LogP contribution is -2.63. The molecule has 1 saturated heterocycles. The molecule has 2 spiro atoms. The minimum absolute atomic E-state index is 0.0478. The summed E-state index contributed by atoms with van der Waals surface area (Å²) in [7, 11) is 1.49. The summed E-state index contributed by atoms with van der Waals surface area (Å²) in [6.45, 7) is 0.554. The van der Waals surface area contributed by atoms with E-state index in [9.17, 15) is 30.0 Å². The predicted molar refractivity (Wildman–Crippen MR) is 253 cm³/mol. The summed E-state index contributed by atoms with van der Waals surface area (Å²) in [6, 6.07) is 18.1.